The van der Waals surface area contributed by atoms with Gasteiger partial charge in [-0.1, -0.05) is 29.8 Å². The fourth-order valence-electron chi connectivity index (χ4n) is 3.84. The van der Waals surface area contributed by atoms with Gasteiger partial charge in [0.05, 0.1) is 29.4 Å². The van der Waals surface area contributed by atoms with E-state index in [2.05, 4.69) is 20.4 Å². The Kier molecular flexibility index (Phi) is 6.26. The van der Waals surface area contributed by atoms with Crippen molar-refractivity contribution in [1.29, 1.82) is 0 Å². The number of methoxy groups -OCH3 is 1. The molecule has 1 atom stereocenters. The van der Waals surface area contributed by atoms with Crippen LogP contribution in [0.4, 0.5) is 10.5 Å². The Morgan fingerprint density at radius 2 is 1.97 bits per heavy atom. The molecule has 2 aliphatic heterocycles. The summed E-state index contributed by atoms with van der Waals surface area (Å²) in [6.45, 7) is 3.67. The Bertz CT molecular complexity index is 955. The van der Waals surface area contributed by atoms with Gasteiger partial charge in [-0.3, -0.25) is 4.90 Å². The highest BCUT2D eigenvalue weighted by atomic mass is 35.5. The molecule has 2 amide bonds. The van der Waals surface area contributed by atoms with E-state index in [1.807, 2.05) is 41.8 Å². The van der Waals surface area contributed by atoms with E-state index in [-0.39, 0.29) is 6.03 Å². The van der Waals surface area contributed by atoms with Crippen molar-refractivity contribution in [3.8, 4) is 0 Å². The molecule has 0 spiro atoms. The molecule has 7 nitrogen and oxygen atoms in total. The normalized spacial score (nSPS) is 20.0. The first-order valence-electron chi connectivity index (χ1n) is 9.71. The zero-order valence-electron chi connectivity index (χ0n) is 16.6. The minimum Gasteiger partial charge on any atom is -0.466 e. The molecule has 1 saturated heterocycles. The smallest absolute Gasteiger partial charge is 0.338 e. The Labute approximate surface area is 184 Å². The number of thiophene rings is 1. The minimum atomic E-state index is -0.509. The molecular formula is C21H23ClN4O3S. The zero-order valence-corrected chi connectivity index (χ0v) is 18.1. The maximum absolute atomic E-state index is 12.6. The van der Waals surface area contributed by atoms with E-state index >= 15 is 0 Å². The Morgan fingerprint density at radius 3 is 2.63 bits per heavy atom. The van der Waals surface area contributed by atoms with Crippen molar-refractivity contribution in [2.24, 2.45) is 0 Å². The number of piperazine rings is 1. The van der Waals surface area contributed by atoms with Crippen molar-refractivity contribution in [1.82, 2.24) is 15.5 Å². The summed E-state index contributed by atoms with van der Waals surface area (Å²) in [7, 11) is 1.36. The highest BCUT2D eigenvalue weighted by Gasteiger charge is 2.35. The van der Waals surface area contributed by atoms with Crippen molar-refractivity contribution in [3.63, 3.8) is 0 Å². The number of halogens is 1. The lowest BCUT2D eigenvalue weighted by atomic mass is 10.0. The third-order valence-corrected chi connectivity index (χ3v) is 6.59. The number of amides is 2. The Hall–Kier alpha value is -2.55. The summed E-state index contributed by atoms with van der Waals surface area (Å²) in [6, 6.07) is 10.8. The van der Waals surface area contributed by atoms with Gasteiger partial charge >= 0.3 is 12.0 Å². The van der Waals surface area contributed by atoms with E-state index in [0.29, 0.717) is 17.8 Å². The molecule has 0 saturated carbocycles. The SMILES string of the molecule is COC(=O)C1=C(CN2CCN(c3ccccc3Cl)CC2)NC(=O)NC1c1cccs1. The number of anilines is 1. The predicted molar refractivity (Wildman–Crippen MR) is 118 cm³/mol. The molecule has 2 aliphatic rings. The average molecular weight is 447 g/mol. The van der Waals surface area contributed by atoms with Crippen LogP contribution < -0.4 is 15.5 Å². The second-order valence-corrected chi connectivity index (χ2v) is 8.53. The number of esters is 1. The molecule has 1 aromatic carbocycles. The molecular weight excluding hydrogens is 424 g/mol. The van der Waals surface area contributed by atoms with Crippen LogP contribution in [0.3, 0.4) is 0 Å². The number of urea groups is 1. The highest BCUT2D eigenvalue weighted by molar-refractivity contribution is 7.10. The summed E-state index contributed by atoms with van der Waals surface area (Å²) in [5, 5.41) is 8.34. The summed E-state index contributed by atoms with van der Waals surface area (Å²) in [5.74, 6) is -0.439. The molecule has 1 aromatic heterocycles. The lowest BCUT2D eigenvalue weighted by Crippen LogP contribution is -2.51. The topological polar surface area (TPSA) is 73.9 Å². The van der Waals surface area contributed by atoms with Gasteiger partial charge < -0.3 is 20.3 Å². The van der Waals surface area contributed by atoms with Crippen molar-refractivity contribution >= 4 is 40.6 Å². The molecule has 0 bridgehead atoms. The number of rotatable bonds is 5. The van der Waals surface area contributed by atoms with Gasteiger partial charge in [-0.05, 0) is 23.6 Å². The van der Waals surface area contributed by atoms with Crippen LogP contribution in [0.5, 0.6) is 0 Å². The van der Waals surface area contributed by atoms with E-state index < -0.39 is 12.0 Å². The van der Waals surface area contributed by atoms with Gasteiger partial charge in [0, 0.05) is 43.3 Å². The standard InChI is InChI=1S/C21H23ClN4O3S/c1-29-20(27)18-15(23-21(28)24-19(18)17-7-4-12-30-17)13-25-8-10-26(11-9-25)16-6-3-2-5-14(16)22/h2-7,12,19H,8-11,13H2,1H3,(H2,23,24,28). The molecule has 3 heterocycles. The van der Waals surface area contributed by atoms with Crippen LogP contribution in [0, 0.1) is 0 Å². The third-order valence-electron chi connectivity index (χ3n) is 5.33. The monoisotopic (exact) mass is 446 g/mol. The van der Waals surface area contributed by atoms with Crippen molar-refractivity contribution < 1.29 is 14.3 Å². The van der Waals surface area contributed by atoms with E-state index in [4.69, 9.17) is 16.3 Å². The molecule has 0 aliphatic carbocycles. The predicted octanol–water partition coefficient (Wildman–Crippen LogP) is 3.00. The van der Waals surface area contributed by atoms with E-state index in [1.165, 1.54) is 18.4 Å². The fraction of sp³-hybridized carbons (Fsp3) is 0.333. The lowest BCUT2D eigenvalue weighted by Gasteiger charge is -2.38. The second kappa shape index (κ2) is 9.07. The molecule has 158 valence electrons. The van der Waals surface area contributed by atoms with Crippen molar-refractivity contribution in [2.75, 3.05) is 44.7 Å². The summed E-state index contributed by atoms with van der Waals surface area (Å²) in [4.78, 5) is 30.3. The lowest BCUT2D eigenvalue weighted by molar-refractivity contribution is -0.136. The van der Waals surface area contributed by atoms with Crippen LogP contribution in [0.2, 0.25) is 5.02 Å². The number of carbonyl (C=O) groups is 2. The number of nitrogens with zero attached hydrogens (tertiary/aromatic N) is 2. The molecule has 2 aromatic rings. The van der Waals surface area contributed by atoms with Crippen molar-refractivity contribution in [2.45, 2.75) is 6.04 Å². The van der Waals surface area contributed by atoms with Crippen LogP contribution in [0.25, 0.3) is 0 Å². The van der Waals surface area contributed by atoms with E-state index in [1.54, 1.807) is 0 Å². The minimum absolute atomic E-state index is 0.314. The summed E-state index contributed by atoms with van der Waals surface area (Å²) < 4.78 is 5.04. The first-order chi connectivity index (χ1) is 14.6. The summed E-state index contributed by atoms with van der Waals surface area (Å²) in [6.07, 6.45) is 0. The fourth-order valence-corrected chi connectivity index (χ4v) is 4.88. The third kappa shape index (κ3) is 4.30. The van der Waals surface area contributed by atoms with Crippen molar-refractivity contribution in [3.05, 3.63) is 62.9 Å². The van der Waals surface area contributed by atoms with Gasteiger partial charge in [-0.15, -0.1) is 11.3 Å². The number of hydrogen-bond acceptors (Lipinski definition) is 6. The Balaban J connectivity index is 1.52. The van der Waals surface area contributed by atoms with Gasteiger partial charge in [0.15, 0.2) is 0 Å². The average Bonchev–Trinajstić information content (AvgIpc) is 3.29. The van der Waals surface area contributed by atoms with Crippen LogP contribution in [-0.2, 0) is 9.53 Å². The van der Waals surface area contributed by atoms with Crippen LogP contribution >= 0.6 is 22.9 Å². The van der Waals surface area contributed by atoms with Crippen LogP contribution in [0.1, 0.15) is 10.9 Å². The number of hydrogen-bond donors (Lipinski definition) is 2. The van der Waals surface area contributed by atoms with Gasteiger partial charge in [0.25, 0.3) is 0 Å². The maximum atomic E-state index is 12.6. The van der Waals surface area contributed by atoms with E-state index in [0.717, 1.165) is 41.8 Å². The van der Waals surface area contributed by atoms with Gasteiger partial charge in [-0.2, -0.15) is 0 Å². The molecule has 0 radical (unpaired) electrons. The number of ether oxygens (including phenoxy) is 1. The van der Waals surface area contributed by atoms with E-state index in [9.17, 15) is 9.59 Å². The van der Waals surface area contributed by atoms with Crippen LogP contribution in [-0.4, -0.2) is 56.7 Å². The largest absolute Gasteiger partial charge is 0.466 e. The second-order valence-electron chi connectivity index (χ2n) is 7.15. The molecule has 30 heavy (non-hydrogen) atoms. The van der Waals surface area contributed by atoms with Gasteiger partial charge in [-0.25, -0.2) is 9.59 Å². The number of nitrogens with one attached hydrogen (secondary N) is 2. The maximum Gasteiger partial charge on any atom is 0.338 e. The highest BCUT2D eigenvalue weighted by Crippen LogP contribution is 2.31. The Morgan fingerprint density at radius 1 is 1.20 bits per heavy atom. The molecule has 2 N–H and O–H groups in total. The zero-order chi connectivity index (χ0) is 21.1. The number of carbonyl (C=O) groups excluding carboxylic acids is 2. The molecule has 4 rings (SSSR count). The van der Waals surface area contributed by atoms with Gasteiger partial charge in [0.1, 0.15) is 0 Å². The first-order valence-corrected chi connectivity index (χ1v) is 11.0. The summed E-state index contributed by atoms with van der Waals surface area (Å²) >= 11 is 7.83. The van der Waals surface area contributed by atoms with Gasteiger partial charge in [0.2, 0.25) is 0 Å². The van der Waals surface area contributed by atoms with Crippen LogP contribution in [0.15, 0.2) is 53.0 Å². The molecule has 1 unspecified atom stereocenters. The first kappa shape index (κ1) is 20.7. The quantitative estimate of drug-likeness (QED) is 0.691. The molecule has 1 fully saturated rings. The summed E-state index contributed by atoms with van der Waals surface area (Å²) in [5.41, 5.74) is 2.07. The number of para-hydroxylation sites is 1. The molecule has 9 heteroatoms. The number of benzene rings is 1.